The second-order valence-corrected chi connectivity index (χ2v) is 6.60. The lowest BCUT2D eigenvalue weighted by atomic mass is 9.90. The number of aliphatic carboxylic acids is 1. The van der Waals surface area contributed by atoms with Gasteiger partial charge in [0.15, 0.2) is 5.60 Å². The molecule has 0 aromatic heterocycles. The lowest BCUT2D eigenvalue weighted by molar-refractivity contribution is -0.155. The number of nitrogens with one attached hydrogen (secondary N) is 1. The molecule has 0 bridgehead atoms. The van der Waals surface area contributed by atoms with Crippen molar-refractivity contribution in [2.75, 3.05) is 13.2 Å². The van der Waals surface area contributed by atoms with E-state index < -0.39 is 17.5 Å². The zero-order valence-electron chi connectivity index (χ0n) is 14.0. The van der Waals surface area contributed by atoms with E-state index in [1.54, 1.807) is 24.3 Å². The molecule has 1 unspecified atom stereocenters. The summed E-state index contributed by atoms with van der Waals surface area (Å²) in [4.78, 5) is 22.8. The third-order valence-electron chi connectivity index (χ3n) is 4.38. The van der Waals surface area contributed by atoms with Gasteiger partial charge in [0.2, 0.25) is 0 Å². The molecule has 1 saturated carbocycles. The monoisotopic (exact) mass is 335 g/mol. The molecule has 0 saturated heterocycles. The Bertz CT molecular complexity index is 561. The van der Waals surface area contributed by atoms with Crippen molar-refractivity contribution in [1.82, 2.24) is 5.32 Å². The largest absolute Gasteiger partial charge is 0.493 e. The van der Waals surface area contributed by atoms with Gasteiger partial charge in [-0.25, -0.2) is 4.79 Å². The molecule has 0 aliphatic heterocycles. The average Bonchev–Trinajstić information content (AvgIpc) is 2.59. The quantitative estimate of drug-likeness (QED) is 0.710. The molecule has 2 rings (SSSR count). The number of benzene rings is 1. The number of carboxylic acid groups (broad SMARTS) is 1. The molecule has 1 aromatic carbocycles. The second-order valence-electron chi connectivity index (χ2n) is 6.60. The molecule has 6 nitrogen and oxygen atoms in total. The van der Waals surface area contributed by atoms with Crippen molar-refractivity contribution in [3.63, 3.8) is 0 Å². The lowest BCUT2D eigenvalue weighted by Crippen LogP contribution is -2.46. The molecule has 132 valence electrons. The number of ether oxygens (including phenoxy) is 1. The van der Waals surface area contributed by atoms with Gasteiger partial charge in [-0.15, -0.1) is 0 Å². The van der Waals surface area contributed by atoms with E-state index in [4.69, 9.17) is 9.84 Å². The van der Waals surface area contributed by atoms with E-state index in [0.29, 0.717) is 18.1 Å². The highest BCUT2D eigenvalue weighted by Crippen LogP contribution is 2.24. The highest BCUT2D eigenvalue weighted by molar-refractivity contribution is 5.94. The minimum Gasteiger partial charge on any atom is -0.493 e. The van der Waals surface area contributed by atoms with Crippen LogP contribution in [0.4, 0.5) is 0 Å². The summed E-state index contributed by atoms with van der Waals surface area (Å²) in [6, 6.07) is 6.71. The Morgan fingerprint density at radius 1 is 1.21 bits per heavy atom. The molecule has 0 spiro atoms. The molecule has 0 radical (unpaired) electrons. The van der Waals surface area contributed by atoms with Crippen molar-refractivity contribution < 1.29 is 24.5 Å². The number of rotatable bonds is 7. The minimum atomic E-state index is -1.99. The Labute approximate surface area is 141 Å². The normalized spacial score (nSPS) is 17.8. The van der Waals surface area contributed by atoms with Crippen LogP contribution in [0.3, 0.4) is 0 Å². The third-order valence-corrected chi connectivity index (χ3v) is 4.38. The molecule has 1 atom stereocenters. The van der Waals surface area contributed by atoms with Gasteiger partial charge in [-0.3, -0.25) is 4.79 Å². The Morgan fingerprint density at radius 2 is 1.83 bits per heavy atom. The molecule has 24 heavy (non-hydrogen) atoms. The summed E-state index contributed by atoms with van der Waals surface area (Å²) in [6.07, 6.45) is 6.28. The first-order valence-electron chi connectivity index (χ1n) is 8.35. The van der Waals surface area contributed by atoms with Gasteiger partial charge in [-0.1, -0.05) is 19.3 Å². The fourth-order valence-electron chi connectivity index (χ4n) is 2.70. The molecule has 1 fully saturated rings. The Hall–Kier alpha value is -2.08. The van der Waals surface area contributed by atoms with Gasteiger partial charge in [-0.2, -0.15) is 0 Å². The van der Waals surface area contributed by atoms with Gasteiger partial charge >= 0.3 is 5.97 Å². The van der Waals surface area contributed by atoms with Crippen LogP contribution >= 0.6 is 0 Å². The predicted octanol–water partition coefficient (Wildman–Crippen LogP) is 2.21. The van der Waals surface area contributed by atoms with Gasteiger partial charge < -0.3 is 20.3 Å². The summed E-state index contributed by atoms with van der Waals surface area (Å²) >= 11 is 0. The average molecular weight is 335 g/mol. The predicted molar refractivity (Wildman–Crippen MR) is 89.1 cm³/mol. The van der Waals surface area contributed by atoms with E-state index in [2.05, 4.69) is 5.32 Å². The fraction of sp³-hybridized carbons (Fsp3) is 0.556. The first kappa shape index (κ1) is 18.3. The maximum atomic E-state index is 12.0. The number of carboxylic acids is 1. The molecule has 3 N–H and O–H groups in total. The number of hydrogen-bond acceptors (Lipinski definition) is 4. The molecular weight excluding hydrogens is 310 g/mol. The topological polar surface area (TPSA) is 95.9 Å². The maximum absolute atomic E-state index is 12.0. The molecule has 0 heterocycles. The fourth-order valence-corrected chi connectivity index (χ4v) is 2.70. The van der Waals surface area contributed by atoms with E-state index in [9.17, 15) is 14.7 Å². The van der Waals surface area contributed by atoms with E-state index in [1.165, 1.54) is 32.1 Å². The second kappa shape index (κ2) is 8.15. The van der Waals surface area contributed by atoms with E-state index in [-0.39, 0.29) is 6.54 Å². The lowest BCUT2D eigenvalue weighted by Gasteiger charge is -2.21. The number of hydrogen-bond donors (Lipinski definition) is 3. The van der Waals surface area contributed by atoms with Crippen LogP contribution in [0.1, 0.15) is 49.4 Å². The van der Waals surface area contributed by atoms with Crippen LogP contribution in [-0.4, -0.2) is 40.8 Å². The van der Waals surface area contributed by atoms with E-state index in [0.717, 1.165) is 12.7 Å². The number of carbonyl (C=O) groups excluding carboxylic acids is 1. The summed E-state index contributed by atoms with van der Waals surface area (Å²) in [5.41, 5.74) is -1.60. The number of aliphatic hydroxyl groups is 1. The van der Waals surface area contributed by atoms with Crippen LogP contribution in [-0.2, 0) is 4.79 Å². The van der Waals surface area contributed by atoms with Gasteiger partial charge in [0.25, 0.3) is 5.91 Å². The van der Waals surface area contributed by atoms with Crippen molar-refractivity contribution >= 4 is 11.9 Å². The Kier molecular flexibility index (Phi) is 6.20. The van der Waals surface area contributed by atoms with Crippen LogP contribution in [0.5, 0.6) is 5.75 Å². The van der Waals surface area contributed by atoms with Gasteiger partial charge in [0.1, 0.15) is 5.75 Å². The molecule has 1 aliphatic rings. The summed E-state index contributed by atoms with van der Waals surface area (Å²) < 4.78 is 5.78. The molecule has 1 amide bonds. The van der Waals surface area contributed by atoms with Crippen LogP contribution in [0.2, 0.25) is 0 Å². The molecule has 1 aromatic rings. The van der Waals surface area contributed by atoms with E-state index >= 15 is 0 Å². The maximum Gasteiger partial charge on any atom is 0.337 e. The molecule has 1 aliphatic carbocycles. The van der Waals surface area contributed by atoms with Crippen molar-refractivity contribution in [2.45, 2.75) is 44.6 Å². The smallest absolute Gasteiger partial charge is 0.337 e. The SMILES string of the molecule is CC(O)(CNC(=O)c1ccc(OCC2CCCCC2)cc1)C(=O)O. The van der Waals surface area contributed by atoms with Crippen LogP contribution in [0, 0.1) is 5.92 Å². The van der Waals surface area contributed by atoms with Crippen molar-refractivity contribution in [3.05, 3.63) is 29.8 Å². The van der Waals surface area contributed by atoms with E-state index in [1.807, 2.05) is 0 Å². The number of carbonyl (C=O) groups is 2. The first-order chi connectivity index (χ1) is 11.4. The standard InChI is InChI=1S/C18H25NO5/c1-18(23,17(21)22)12-19-16(20)14-7-9-15(10-8-14)24-11-13-5-3-2-4-6-13/h7-10,13,23H,2-6,11-12H2,1H3,(H,19,20)(H,21,22). The summed E-state index contributed by atoms with van der Waals surface area (Å²) in [5, 5.41) is 20.8. The summed E-state index contributed by atoms with van der Waals surface area (Å²) in [5.74, 6) is -0.487. The van der Waals surface area contributed by atoms with Crippen LogP contribution in [0.15, 0.2) is 24.3 Å². The minimum absolute atomic E-state index is 0.360. The van der Waals surface area contributed by atoms with Gasteiger partial charge in [0.05, 0.1) is 13.2 Å². The Morgan fingerprint density at radius 3 is 2.42 bits per heavy atom. The Balaban J connectivity index is 1.82. The zero-order valence-corrected chi connectivity index (χ0v) is 14.0. The van der Waals surface area contributed by atoms with Crippen LogP contribution in [0.25, 0.3) is 0 Å². The van der Waals surface area contributed by atoms with Gasteiger partial charge in [0, 0.05) is 5.56 Å². The first-order valence-corrected chi connectivity index (χ1v) is 8.35. The summed E-state index contributed by atoms with van der Waals surface area (Å²) in [7, 11) is 0. The zero-order chi connectivity index (χ0) is 17.6. The number of amides is 1. The molecular formula is C18H25NO5. The summed E-state index contributed by atoms with van der Waals surface area (Å²) in [6.45, 7) is 1.48. The highest BCUT2D eigenvalue weighted by atomic mass is 16.5. The van der Waals surface area contributed by atoms with Crippen molar-refractivity contribution in [1.29, 1.82) is 0 Å². The third kappa shape index (κ3) is 5.23. The van der Waals surface area contributed by atoms with Crippen molar-refractivity contribution in [2.24, 2.45) is 5.92 Å². The van der Waals surface area contributed by atoms with Gasteiger partial charge in [-0.05, 0) is 49.9 Å². The molecule has 6 heteroatoms. The van der Waals surface area contributed by atoms with Crippen molar-refractivity contribution in [3.8, 4) is 5.75 Å². The highest BCUT2D eigenvalue weighted by Gasteiger charge is 2.30. The van der Waals surface area contributed by atoms with Crippen LogP contribution < -0.4 is 10.1 Å².